The number of hydrogen-bond acceptors (Lipinski definition) is 3. The van der Waals surface area contributed by atoms with Gasteiger partial charge in [-0.3, -0.25) is 0 Å². The topological polar surface area (TPSA) is 46.5 Å². The third kappa shape index (κ3) is 3.68. The largest absolute Gasteiger partial charge is 0.497 e. The lowest BCUT2D eigenvalue weighted by Crippen LogP contribution is -1.97. The number of aromatic carboxylic acids is 1. The first kappa shape index (κ1) is 14.8. The van der Waals surface area contributed by atoms with E-state index in [9.17, 15) is 4.79 Å². The van der Waals surface area contributed by atoms with E-state index in [2.05, 4.69) is 0 Å². The van der Waals surface area contributed by atoms with E-state index < -0.39 is 5.97 Å². The lowest BCUT2D eigenvalue weighted by Gasteiger charge is -2.06. The Morgan fingerprint density at radius 2 is 2.10 bits per heavy atom. The summed E-state index contributed by atoms with van der Waals surface area (Å²) in [6, 6.07) is 12.8. The molecule has 3 nitrogen and oxygen atoms in total. The van der Waals surface area contributed by atoms with Gasteiger partial charge in [-0.25, -0.2) is 4.79 Å². The minimum Gasteiger partial charge on any atom is -0.497 e. The molecule has 5 heteroatoms. The summed E-state index contributed by atoms with van der Waals surface area (Å²) in [6.07, 6.45) is 0. The number of carboxylic acid groups (broad SMARTS) is 1. The van der Waals surface area contributed by atoms with E-state index in [1.165, 1.54) is 0 Å². The predicted octanol–water partition coefficient (Wildman–Crippen LogP) is 4.34. The van der Waals surface area contributed by atoms with Gasteiger partial charge in [0.25, 0.3) is 0 Å². The van der Waals surface area contributed by atoms with E-state index >= 15 is 0 Å². The molecule has 0 aliphatic carbocycles. The van der Waals surface area contributed by atoms with Gasteiger partial charge in [-0.05, 0) is 35.9 Å². The molecular weight excluding hydrogens is 296 g/mol. The van der Waals surface area contributed by atoms with E-state index in [4.69, 9.17) is 21.4 Å². The molecule has 0 heterocycles. The van der Waals surface area contributed by atoms with Crippen molar-refractivity contribution in [3.05, 3.63) is 58.6 Å². The molecule has 0 spiro atoms. The zero-order valence-electron chi connectivity index (χ0n) is 10.8. The molecule has 1 N–H and O–H groups in total. The molecule has 2 aromatic carbocycles. The van der Waals surface area contributed by atoms with E-state index in [1.54, 1.807) is 31.0 Å². The zero-order valence-corrected chi connectivity index (χ0v) is 12.4. The third-order valence-corrected chi connectivity index (χ3v) is 4.10. The minimum absolute atomic E-state index is 0.127. The fourth-order valence-electron chi connectivity index (χ4n) is 1.69. The number of halogens is 1. The monoisotopic (exact) mass is 308 g/mol. The Labute approximate surface area is 126 Å². The molecule has 0 radical (unpaired) electrons. The van der Waals surface area contributed by atoms with Gasteiger partial charge >= 0.3 is 5.97 Å². The predicted molar refractivity (Wildman–Crippen MR) is 81.0 cm³/mol. The van der Waals surface area contributed by atoms with Crippen LogP contribution in [0.1, 0.15) is 15.9 Å². The number of carboxylic acids is 1. The van der Waals surface area contributed by atoms with Gasteiger partial charge < -0.3 is 9.84 Å². The van der Waals surface area contributed by atoms with Crippen molar-refractivity contribution in [1.29, 1.82) is 0 Å². The molecule has 0 unspecified atom stereocenters. The third-order valence-electron chi connectivity index (χ3n) is 2.71. The standard InChI is InChI=1S/C15H13ClO3S/c1-19-11-4-2-3-10(7-11)9-20-12-5-6-14(16)13(8-12)15(17)18/h2-8H,9H2,1H3,(H,17,18). The van der Waals surface area contributed by atoms with E-state index in [1.807, 2.05) is 30.3 Å². The van der Waals surface area contributed by atoms with Gasteiger partial charge in [-0.1, -0.05) is 23.7 Å². The molecule has 2 rings (SSSR count). The van der Waals surface area contributed by atoms with Gasteiger partial charge in [0.1, 0.15) is 5.75 Å². The molecule has 0 aromatic heterocycles. The van der Waals surface area contributed by atoms with Gasteiger partial charge in [0.05, 0.1) is 17.7 Å². The summed E-state index contributed by atoms with van der Waals surface area (Å²) in [5.74, 6) is 0.530. The van der Waals surface area contributed by atoms with Crippen LogP contribution in [0.15, 0.2) is 47.4 Å². The van der Waals surface area contributed by atoms with Crippen molar-refractivity contribution in [2.75, 3.05) is 7.11 Å². The summed E-state index contributed by atoms with van der Waals surface area (Å²) in [7, 11) is 1.63. The Kier molecular flexibility index (Phi) is 4.93. The molecule has 0 amide bonds. The van der Waals surface area contributed by atoms with Crippen LogP contribution in [-0.4, -0.2) is 18.2 Å². The van der Waals surface area contributed by atoms with Gasteiger partial charge in [0, 0.05) is 10.6 Å². The number of rotatable bonds is 5. The number of benzene rings is 2. The highest BCUT2D eigenvalue weighted by Gasteiger charge is 2.09. The summed E-state index contributed by atoms with van der Waals surface area (Å²) in [6.45, 7) is 0. The van der Waals surface area contributed by atoms with Crippen molar-refractivity contribution in [1.82, 2.24) is 0 Å². The normalized spacial score (nSPS) is 10.3. The highest BCUT2D eigenvalue weighted by atomic mass is 35.5. The smallest absolute Gasteiger partial charge is 0.337 e. The molecule has 0 saturated heterocycles. The first-order valence-electron chi connectivity index (χ1n) is 5.88. The van der Waals surface area contributed by atoms with Crippen LogP contribution in [0.2, 0.25) is 5.02 Å². The first-order valence-corrected chi connectivity index (χ1v) is 7.25. The number of hydrogen-bond donors (Lipinski definition) is 1. The van der Waals surface area contributed by atoms with Gasteiger partial charge in [-0.2, -0.15) is 0 Å². The summed E-state index contributed by atoms with van der Waals surface area (Å²) in [5, 5.41) is 9.29. The van der Waals surface area contributed by atoms with Crippen molar-refractivity contribution in [2.45, 2.75) is 10.6 Å². The van der Waals surface area contributed by atoms with Gasteiger partial charge in [-0.15, -0.1) is 11.8 Å². The highest BCUT2D eigenvalue weighted by molar-refractivity contribution is 7.98. The maximum atomic E-state index is 11.0. The molecular formula is C15H13ClO3S. The molecule has 20 heavy (non-hydrogen) atoms. The van der Waals surface area contributed by atoms with E-state index in [-0.39, 0.29) is 10.6 Å². The Bertz CT molecular complexity index is 628. The van der Waals surface area contributed by atoms with E-state index in [0.717, 1.165) is 22.0 Å². The van der Waals surface area contributed by atoms with Crippen molar-refractivity contribution >= 4 is 29.3 Å². The Hall–Kier alpha value is -1.65. The van der Waals surface area contributed by atoms with Crippen LogP contribution in [0.3, 0.4) is 0 Å². The molecule has 0 bridgehead atoms. The lowest BCUT2D eigenvalue weighted by molar-refractivity contribution is 0.0697. The van der Waals surface area contributed by atoms with Crippen LogP contribution in [0, 0.1) is 0 Å². The Morgan fingerprint density at radius 1 is 1.30 bits per heavy atom. The van der Waals surface area contributed by atoms with Crippen LogP contribution in [0.4, 0.5) is 0 Å². The molecule has 0 fully saturated rings. The van der Waals surface area contributed by atoms with Crippen LogP contribution in [-0.2, 0) is 5.75 Å². The summed E-state index contributed by atoms with van der Waals surface area (Å²) >= 11 is 7.40. The summed E-state index contributed by atoms with van der Waals surface area (Å²) in [4.78, 5) is 11.9. The Morgan fingerprint density at radius 3 is 2.80 bits per heavy atom. The fraction of sp³-hybridized carbons (Fsp3) is 0.133. The quantitative estimate of drug-likeness (QED) is 0.835. The van der Waals surface area contributed by atoms with Crippen LogP contribution in [0.25, 0.3) is 0 Å². The maximum Gasteiger partial charge on any atom is 0.337 e. The molecule has 0 atom stereocenters. The average molecular weight is 309 g/mol. The van der Waals surface area contributed by atoms with Crippen LogP contribution >= 0.6 is 23.4 Å². The SMILES string of the molecule is COc1cccc(CSc2ccc(Cl)c(C(=O)O)c2)c1. The second-order valence-electron chi connectivity index (χ2n) is 4.09. The molecule has 2 aromatic rings. The molecule has 0 aliphatic rings. The molecule has 0 saturated carbocycles. The number of thioether (sulfide) groups is 1. The van der Waals surface area contributed by atoms with Crippen molar-refractivity contribution < 1.29 is 14.6 Å². The lowest BCUT2D eigenvalue weighted by atomic mass is 10.2. The fourth-order valence-corrected chi connectivity index (χ4v) is 2.76. The Balaban J connectivity index is 2.10. The summed E-state index contributed by atoms with van der Waals surface area (Å²) < 4.78 is 5.17. The summed E-state index contributed by atoms with van der Waals surface area (Å²) in [5.41, 5.74) is 1.24. The van der Waals surface area contributed by atoms with Crippen LogP contribution in [0.5, 0.6) is 5.75 Å². The molecule has 104 valence electrons. The highest BCUT2D eigenvalue weighted by Crippen LogP contribution is 2.28. The number of carbonyl (C=O) groups is 1. The maximum absolute atomic E-state index is 11.0. The van der Waals surface area contributed by atoms with Crippen molar-refractivity contribution in [3.63, 3.8) is 0 Å². The van der Waals surface area contributed by atoms with Crippen molar-refractivity contribution in [3.8, 4) is 5.75 Å². The second kappa shape index (κ2) is 6.68. The van der Waals surface area contributed by atoms with Gasteiger partial charge in [0.15, 0.2) is 0 Å². The second-order valence-corrected chi connectivity index (χ2v) is 5.54. The number of methoxy groups -OCH3 is 1. The number of ether oxygens (including phenoxy) is 1. The molecule has 0 aliphatic heterocycles. The zero-order chi connectivity index (χ0) is 14.5. The van der Waals surface area contributed by atoms with Crippen molar-refractivity contribution in [2.24, 2.45) is 0 Å². The van der Waals surface area contributed by atoms with Crippen LogP contribution < -0.4 is 4.74 Å². The van der Waals surface area contributed by atoms with E-state index in [0.29, 0.717) is 0 Å². The average Bonchev–Trinajstić information content (AvgIpc) is 2.46. The first-order chi connectivity index (χ1) is 9.60. The minimum atomic E-state index is -1.01. The van der Waals surface area contributed by atoms with Gasteiger partial charge in [0.2, 0.25) is 0 Å².